The Balaban J connectivity index is 2.19. The van der Waals surface area contributed by atoms with Gasteiger partial charge >= 0.3 is 0 Å². The molecule has 0 aromatic heterocycles. The lowest BCUT2D eigenvalue weighted by Gasteiger charge is -2.19. The van der Waals surface area contributed by atoms with Gasteiger partial charge in [-0.15, -0.1) is 0 Å². The SMILES string of the molecule is CC(C)CN(C)C(=O)Cc1cccc2ccccc12. The van der Waals surface area contributed by atoms with Gasteiger partial charge in [-0.05, 0) is 22.3 Å². The van der Waals surface area contributed by atoms with Crippen molar-refractivity contribution in [1.29, 1.82) is 0 Å². The Morgan fingerprint density at radius 1 is 1.11 bits per heavy atom. The number of fused-ring (bicyclic) bond motifs is 1. The maximum Gasteiger partial charge on any atom is 0.226 e. The van der Waals surface area contributed by atoms with Crippen molar-refractivity contribution in [3.63, 3.8) is 0 Å². The quantitative estimate of drug-likeness (QED) is 0.819. The van der Waals surface area contributed by atoms with Crippen molar-refractivity contribution in [2.75, 3.05) is 13.6 Å². The highest BCUT2D eigenvalue weighted by Gasteiger charge is 2.12. The van der Waals surface area contributed by atoms with Gasteiger partial charge in [0.2, 0.25) is 5.91 Å². The second-order valence-corrected chi connectivity index (χ2v) is 5.48. The fourth-order valence-electron chi connectivity index (χ4n) is 2.39. The molecule has 2 aromatic carbocycles. The van der Waals surface area contributed by atoms with Gasteiger partial charge in [0.1, 0.15) is 0 Å². The van der Waals surface area contributed by atoms with E-state index in [9.17, 15) is 4.79 Å². The minimum Gasteiger partial charge on any atom is -0.345 e. The van der Waals surface area contributed by atoms with Crippen LogP contribution in [-0.2, 0) is 11.2 Å². The summed E-state index contributed by atoms with van der Waals surface area (Å²) in [5.41, 5.74) is 1.11. The highest BCUT2D eigenvalue weighted by Crippen LogP contribution is 2.19. The molecule has 0 aliphatic rings. The number of carbonyl (C=O) groups excluding carboxylic acids is 1. The Labute approximate surface area is 115 Å². The number of rotatable bonds is 4. The van der Waals surface area contributed by atoms with E-state index in [2.05, 4.69) is 32.0 Å². The average Bonchev–Trinajstić information content (AvgIpc) is 2.38. The zero-order valence-electron chi connectivity index (χ0n) is 11.9. The van der Waals surface area contributed by atoms with Crippen molar-refractivity contribution in [2.45, 2.75) is 20.3 Å². The van der Waals surface area contributed by atoms with Crippen LogP contribution in [0.2, 0.25) is 0 Å². The Morgan fingerprint density at radius 2 is 1.79 bits per heavy atom. The summed E-state index contributed by atoms with van der Waals surface area (Å²) >= 11 is 0. The summed E-state index contributed by atoms with van der Waals surface area (Å²) < 4.78 is 0. The Hall–Kier alpha value is -1.83. The van der Waals surface area contributed by atoms with Crippen LogP contribution in [0.1, 0.15) is 19.4 Å². The summed E-state index contributed by atoms with van der Waals surface area (Å²) in [5.74, 6) is 0.687. The van der Waals surface area contributed by atoms with Crippen molar-refractivity contribution in [3.05, 3.63) is 48.0 Å². The van der Waals surface area contributed by atoms with E-state index in [1.54, 1.807) is 0 Å². The number of likely N-dealkylation sites (N-methyl/N-ethyl adjacent to an activating group) is 1. The molecule has 0 bridgehead atoms. The van der Waals surface area contributed by atoms with E-state index in [1.165, 1.54) is 10.8 Å². The second kappa shape index (κ2) is 5.87. The predicted molar refractivity (Wildman–Crippen MR) is 80.1 cm³/mol. The third kappa shape index (κ3) is 3.34. The molecule has 2 rings (SSSR count). The molecule has 0 saturated carbocycles. The van der Waals surface area contributed by atoms with Gasteiger partial charge in [-0.1, -0.05) is 56.3 Å². The molecule has 0 fully saturated rings. The monoisotopic (exact) mass is 255 g/mol. The van der Waals surface area contributed by atoms with E-state index in [0.717, 1.165) is 12.1 Å². The van der Waals surface area contributed by atoms with E-state index in [-0.39, 0.29) is 5.91 Å². The summed E-state index contributed by atoms with van der Waals surface area (Å²) in [5, 5.41) is 2.37. The molecule has 0 unspecified atom stereocenters. The first-order valence-electron chi connectivity index (χ1n) is 6.78. The van der Waals surface area contributed by atoms with Crippen molar-refractivity contribution in [2.24, 2.45) is 5.92 Å². The molecule has 0 radical (unpaired) electrons. The van der Waals surface area contributed by atoms with Crippen LogP contribution in [0.15, 0.2) is 42.5 Å². The van der Waals surface area contributed by atoms with E-state index in [1.807, 2.05) is 36.2 Å². The van der Waals surface area contributed by atoms with Crippen molar-refractivity contribution in [1.82, 2.24) is 4.90 Å². The molecule has 0 saturated heterocycles. The zero-order valence-corrected chi connectivity index (χ0v) is 11.9. The smallest absolute Gasteiger partial charge is 0.226 e. The number of hydrogen-bond donors (Lipinski definition) is 0. The van der Waals surface area contributed by atoms with Crippen LogP contribution in [0, 0.1) is 5.92 Å². The number of hydrogen-bond acceptors (Lipinski definition) is 1. The van der Waals surface area contributed by atoms with Gasteiger partial charge < -0.3 is 4.90 Å². The van der Waals surface area contributed by atoms with Crippen LogP contribution in [-0.4, -0.2) is 24.4 Å². The Morgan fingerprint density at radius 3 is 2.53 bits per heavy atom. The zero-order chi connectivity index (χ0) is 13.8. The highest BCUT2D eigenvalue weighted by molar-refractivity contribution is 5.90. The van der Waals surface area contributed by atoms with Gasteiger partial charge in [0.15, 0.2) is 0 Å². The maximum atomic E-state index is 12.2. The lowest BCUT2D eigenvalue weighted by molar-refractivity contribution is -0.129. The summed E-state index contributed by atoms with van der Waals surface area (Å²) in [7, 11) is 1.88. The molecule has 0 atom stereocenters. The summed E-state index contributed by atoms with van der Waals surface area (Å²) in [6.07, 6.45) is 0.477. The normalized spacial score (nSPS) is 10.9. The van der Waals surface area contributed by atoms with Gasteiger partial charge in [0, 0.05) is 13.6 Å². The molecule has 0 N–H and O–H groups in total. The minimum atomic E-state index is 0.185. The van der Waals surface area contributed by atoms with Crippen molar-refractivity contribution < 1.29 is 4.79 Å². The Bertz CT molecular complexity index is 569. The summed E-state index contributed by atoms with van der Waals surface area (Å²) in [4.78, 5) is 14.0. The molecule has 19 heavy (non-hydrogen) atoms. The van der Waals surface area contributed by atoms with E-state index >= 15 is 0 Å². The second-order valence-electron chi connectivity index (χ2n) is 5.48. The molecule has 2 nitrogen and oxygen atoms in total. The molecule has 100 valence electrons. The van der Waals surface area contributed by atoms with Gasteiger partial charge in [0.25, 0.3) is 0 Å². The van der Waals surface area contributed by atoms with Crippen LogP contribution < -0.4 is 0 Å². The van der Waals surface area contributed by atoms with Crippen LogP contribution in [0.3, 0.4) is 0 Å². The first-order chi connectivity index (χ1) is 9.08. The van der Waals surface area contributed by atoms with Crippen molar-refractivity contribution >= 4 is 16.7 Å². The van der Waals surface area contributed by atoms with E-state index in [0.29, 0.717) is 12.3 Å². The lowest BCUT2D eigenvalue weighted by atomic mass is 10.0. The van der Waals surface area contributed by atoms with E-state index in [4.69, 9.17) is 0 Å². The van der Waals surface area contributed by atoms with Crippen LogP contribution in [0.4, 0.5) is 0 Å². The molecule has 0 heterocycles. The molecule has 2 aromatic rings. The molecular weight excluding hydrogens is 234 g/mol. The molecule has 0 aliphatic carbocycles. The van der Waals surface area contributed by atoms with Crippen LogP contribution in [0.5, 0.6) is 0 Å². The van der Waals surface area contributed by atoms with E-state index < -0.39 is 0 Å². The van der Waals surface area contributed by atoms with Gasteiger partial charge in [-0.25, -0.2) is 0 Å². The average molecular weight is 255 g/mol. The Kier molecular flexibility index (Phi) is 4.20. The number of amides is 1. The maximum absolute atomic E-state index is 12.2. The molecule has 0 spiro atoms. The number of nitrogens with zero attached hydrogens (tertiary/aromatic N) is 1. The molecular formula is C17H21NO. The topological polar surface area (TPSA) is 20.3 Å². The summed E-state index contributed by atoms with van der Waals surface area (Å²) in [6, 6.07) is 14.4. The molecule has 2 heteroatoms. The van der Waals surface area contributed by atoms with Gasteiger partial charge in [-0.2, -0.15) is 0 Å². The number of carbonyl (C=O) groups is 1. The van der Waals surface area contributed by atoms with Crippen LogP contribution >= 0.6 is 0 Å². The predicted octanol–water partition coefficient (Wildman–Crippen LogP) is 3.50. The van der Waals surface area contributed by atoms with Gasteiger partial charge in [0.05, 0.1) is 6.42 Å². The third-order valence-electron chi connectivity index (χ3n) is 3.29. The third-order valence-corrected chi connectivity index (χ3v) is 3.29. The number of benzene rings is 2. The van der Waals surface area contributed by atoms with Gasteiger partial charge in [-0.3, -0.25) is 4.79 Å². The fourth-order valence-corrected chi connectivity index (χ4v) is 2.39. The first kappa shape index (κ1) is 13.6. The van der Waals surface area contributed by atoms with Crippen LogP contribution in [0.25, 0.3) is 10.8 Å². The molecule has 0 aliphatic heterocycles. The standard InChI is InChI=1S/C17H21NO/c1-13(2)12-18(3)17(19)11-15-9-6-8-14-7-4-5-10-16(14)15/h4-10,13H,11-12H2,1-3H3. The highest BCUT2D eigenvalue weighted by atomic mass is 16.2. The fraction of sp³-hybridized carbons (Fsp3) is 0.353. The lowest BCUT2D eigenvalue weighted by Crippen LogP contribution is -2.31. The first-order valence-corrected chi connectivity index (χ1v) is 6.78. The molecule has 1 amide bonds. The largest absolute Gasteiger partial charge is 0.345 e. The minimum absolute atomic E-state index is 0.185. The van der Waals surface area contributed by atoms with Crippen molar-refractivity contribution in [3.8, 4) is 0 Å². The summed E-state index contributed by atoms with van der Waals surface area (Å²) in [6.45, 7) is 5.06.